The molecule has 0 amide bonds. The Morgan fingerprint density at radius 1 is 1.34 bits per heavy atom. The third kappa shape index (κ3) is 3.52. The molecule has 2 N–H and O–H groups in total. The van der Waals surface area contributed by atoms with Crippen LogP contribution in [0.3, 0.4) is 0 Å². The molecule has 1 atom stereocenters. The largest absolute Gasteiger partial charge is 0.478 e. The predicted octanol–water partition coefficient (Wildman–Crippen LogP) is 3.30. The van der Waals surface area contributed by atoms with Crippen LogP contribution in [0.15, 0.2) is 42.9 Å². The number of hydrogen-bond donors (Lipinski definition) is 2. The van der Waals surface area contributed by atoms with Gasteiger partial charge >= 0.3 is 0 Å². The summed E-state index contributed by atoms with van der Waals surface area (Å²) in [6.45, 7) is 1.85. The molecule has 1 aromatic carbocycles. The first-order chi connectivity index (χ1) is 15.7. The van der Waals surface area contributed by atoms with Gasteiger partial charge in [-0.3, -0.25) is 9.25 Å². The topological polar surface area (TPSA) is 106 Å². The standard InChI is InChI=1S/C22H21FN8O/c1-32-21-18(13-31(29-21)15-5-3-8-25-11-15)27-22-26-12-17(23)20(28-22)30-9-7-16-14(10-24)4-2-6-19(16)30/h2,4,6-7,9,12-13,15,25H,3,5,8,11H2,1H3,(H,26,27,28)/t15-/m1/s1. The fraction of sp³-hybridized carbons (Fsp3) is 0.273. The molecule has 0 bridgehead atoms. The lowest BCUT2D eigenvalue weighted by Gasteiger charge is -2.22. The number of anilines is 2. The molecule has 4 heterocycles. The molecule has 10 heteroatoms. The maximum atomic E-state index is 14.7. The van der Waals surface area contributed by atoms with Crippen LogP contribution in [-0.2, 0) is 0 Å². The van der Waals surface area contributed by atoms with Gasteiger partial charge in [0, 0.05) is 18.1 Å². The summed E-state index contributed by atoms with van der Waals surface area (Å²) in [7, 11) is 1.55. The third-order valence-corrected chi connectivity index (χ3v) is 5.59. The second-order valence-electron chi connectivity index (χ2n) is 7.56. The molecule has 9 nitrogen and oxygen atoms in total. The van der Waals surface area contributed by atoms with Crippen LogP contribution < -0.4 is 15.4 Å². The molecule has 3 aromatic heterocycles. The summed E-state index contributed by atoms with van der Waals surface area (Å²) in [4.78, 5) is 8.48. The number of nitrogens with zero attached hydrogens (tertiary/aromatic N) is 6. The molecule has 5 rings (SSSR count). The zero-order valence-corrected chi connectivity index (χ0v) is 17.4. The van der Waals surface area contributed by atoms with Gasteiger partial charge in [-0.15, -0.1) is 5.10 Å². The average Bonchev–Trinajstić information content (AvgIpc) is 3.45. The van der Waals surface area contributed by atoms with Gasteiger partial charge in [0.15, 0.2) is 11.6 Å². The van der Waals surface area contributed by atoms with Gasteiger partial charge in [-0.1, -0.05) is 6.07 Å². The lowest BCUT2D eigenvalue weighted by molar-refractivity contribution is 0.330. The molecule has 0 unspecified atom stereocenters. The summed E-state index contributed by atoms with van der Waals surface area (Å²) >= 11 is 0. The van der Waals surface area contributed by atoms with Crippen LogP contribution in [-0.4, -0.2) is 44.5 Å². The lowest BCUT2D eigenvalue weighted by atomic mass is 10.1. The fourth-order valence-corrected chi connectivity index (χ4v) is 4.02. The summed E-state index contributed by atoms with van der Waals surface area (Å²) in [5.74, 6) is 0.121. The van der Waals surface area contributed by atoms with Crippen molar-refractivity contribution in [3.8, 4) is 17.8 Å². The monoisotopic (exact) mass is 432 g/mol. The van der Waals surface area contributed by atoms with Gasteiger partial charge in [0.25, 0.3) is 5.88 Å². The van der Waals surface area contributed by atoms with Crippen molar-refractivity contribution >= 4 is 22.5 Å². The minimum absolute atomic E-state index is 0.0791. The van der Waals surface area contributed by atoms with Crippen LogP contribution in [0, 0.1) is 17.1 Å². The van der Waals surface area contributed by atoms with Crippen molar-refractivity contribution in [2.24, 2.45) is 0 Å². The molecule has 0 saturated carbocycles. The van der Waals surface area contributed by atoms with Crippen molar-refractivity contribution in [1.29, 1.82) is 5.26 Å². The number of nitriles is 1. The number of rotatable bonds is 5. The van der Waals surface area contributed by atoms with Gasteiger partial charge in [0.05, 0.1) is 42.7 Å². The van der Waals surface area contributed by atoms with E-state index in [9.17, 15) is 9.65 Å². The number of benzene rings is 1. The fourth-order valence-electron chi connectivity index (χ4n) is 4.02. The Morgan fingerprint density at radius 3 is 3.03 bits per heavy atom. The van der Waals surface area contributed by atoms with Crippen LogP contribution >= 0.6 is 0 Å². The number of ether oxygens (including phenoxy) is 1. The van der Waals surface area contributed by atoms with E-state index in [0.29, 0.717) is 22.6 Å². The van der Waals surface area contributed by atoms with Crippen molar-refractivity contribution in [1.82, 2.24) is 29.6 Å². The van der Waals surface area contributed by atoms with E-state index in [-0.39, 0.29) is 17.8 Å². The number of hydrogen-bond acceptors (Lipinski definition) is 7. The molecule has 1 aliphatic heterocycles. The van der Waals surface area contributed by atoms with Gasteiger partial charge in [0.1, 0.15) is 5.69 Å². The van der Waals surface area contributed by atoms with Crippen molar-refractivity contribution in [3.63, 3.8) is 0 Å². The number of fused-ring (bicyclic) bond motifs is 1. The zero-order chi connectivity index (χ0) is 22.1. The molecule has 0 radical (unpaired) electrons. The molecule has 1 fully saturated rings. The predicted molar refractivity (Wildman–Crippen MR) is 117 cm³/mol. The molecule has 0 aliphatic carbocycles. The first-order valence-corrected chi connectivity index (χ1v) is 10.3. The number of methoxy groups -OCH3 is 1. The summed E-state index contributed by atoms with van der Waals surface area (Å²) in [5, 5.41) is 21.1. The number of piperidine rings is 1. The minimum atomic E-state index is -0.577. The summed E-state index contributed by atoms with van der Waals surface area (Å²) in [5.41, 5.74) is 1.80. The van der Waals surface area contributed by atoms with E-state index >= 15 is 0 Å². The maximum Gasteiger partial charge on any atom is 0.256 e. The van der Waals surface area contributed by atoms with Crippen molar-refractivity contribution < 1.29 is 9.13 Å². The van der Waals surface area contributed by atoms with Crippen molar-refractivity contribution in [2.45, 2.75) is 18.9 Å². The van der Waals surface area contributed by atoms with E-state index < -0.39 is 5.82 Å². The normalized spacial score (nSPS) is 16.1. The molecular formula is C22H21FN8O. The highest BCUT2D eigenvalue weighted by atomic mass is 19.1. The summed E-state index contributed by atoms with van der Waals surface area (Å²) in [6, 6.07) is 9.46. The minimum Gasteiger partial charge on any atom is -0.478 e. The Bertz CT molecular complexity index is 1320. The first-order valence-electron chi connectivity index (χ1n) is 10.3. The summed E-state index contributed by atoms with van der Waals surface area (Å²) < 4.78 is 23.6. The van der Waals surface area contributed by atoms with Crippen LogP contribution in [0.5, 0.6) is 5.88 Å². The highest BCUT2D eigenvalue weighted by Gasteiger charge is 2.20. The van der Waals surface area contributed by atoms with E-state index in [1.165, 1.54) is 0 Å². The van der Waals surface area contributed by atoms with Crippen LogP contribution in [0.25, 0.3) is 16.7 Å². The van der Waals surface area contributed by atoms with E-state index in [1.54, 1.807) is 36.1 Å². The molecule has 162 valence electrons. The SMILES string of the molecule is COc1nn([C@@H]2CCCNC2)cc1Nc1ncc(F)c(-n2ccc3c(C#N)cccc32)n1. The quantitative estimate of drug-likeness (QED) is 0.498. The summed E-state index contributed by atoms with van der Waals surface area (Å²) in [6.07, 6.45) is 6.77. The van der Waals surface area contributed by atoms with Gasteiger partial charge in [-0.2, -0.15) is 10.2 Å². The third-order valence-electron chi connectivity index (χ3n) is 5.59. The first kappa shape index (κ1) is 20.0. The lowest BCUT2D eigenvalue weighted by Crippen LogP contribution is -2.31. The van der Waals surface area contributed by atoms with Gasteiger partial charge < -0.3 is 15.4 Å². The molecule has 1 aliphatic rings. The Morgan fingerprint density at radius 2 is 2.25 bits per heavy atom. The van der Waals surface area contributed by atoms with E-state index in [2.05, 4.69) is 31.8 Å². The van der Waals surface area contributed by atoms with Crippen LogP contribution in [0.4, 0.5) is 16.0 Å². The number of nitrogens with one attached hydrogen (secondary N) is 2. The van der Waals surface area contributed by atoms with Gasteiger partial charge in [-0.25, -0.2) is 9.37 Å². The Kier molecular flexibility index (Phi) is 5.17. The van der Waals surface area contributed by atoms with Gasteiger partial charge in [0.2, 0.25) is 5.95 Å². The molecule has 0 spiro atoms. The zero-order valence-electron chi connectivity index (χ0n) is 17.4. The van der Waals surface area contributed by atoms with Gasteiger partial charge in [-0.05, 0) is 37.6 Å². The second-order valence-corrected chi connectivity index (χ2v) is 7.56. The van der Waals surface area contributed by atoms with E-state index in [4.69, 9.17) is 4.74 Å². The Labute approximate surface area is 183 Å². The number of halogens is 1. The molecule has 1 saturated heterocycles. The van der Waals surface area contributed by atoms with E-state index in [1.807, 2.05) is 16.9 Å². The smallest absolute Gasteiger partial charge is 0.256 e. The highest BCUT2D eigenvalue weighted by molar-refractivity contribution is 5.87. The Hall–Kier alpha value is -3.97. The van der Waals surface area contributed by atoms with Crippen molar-refractivity contribution in [3.05, 3.63) is 54.2 Å². The maximum absolute atomic E-state index is 14.7. The Balaban J connectivity index is 1.49. The average molecular weight is 432 g/mol. The molecule has 32 heavy (non-hydrogen) atoms. The molecular weight excluding hydrogens is 411 g/mol. The van der Waals surface area contributed by atoms with Crippen LogP contribution in [0.2, 0.25) is 0 Å². The molecule has 4 aromatic rings. The second kappa shape index (κ2) is 8.28. The number of aromatic nitrogens is 5. The van der Waals surface area contributed by atoms with E-state index in [0.717, 1.165) is 37.5 Å². The van der Waals surface area contributed by atoms with Crippen LogP contribution in [0.1, 0.15) is 24.4 Å². The highest BCUT2D eigenvalue weighted by Crippen LogP contribution is 2.29. The van der Waals surface area contributed by atoms with Crippen molar-refractivity contribution in [2.75, 3.05) is 25.5 Å².